The maximum Gasteiger partial charge on any atom is 0.259 e. The van der Waals surface area contributed by atoms with Gasteiger partial charge in [0.15, 0.2) is 0 Å². The summed E-state index contributed by atoms with van der Waals surface area (Å²) in [6.07, 6.45) is 1.77. The van der Waals surface area contributed by atoms with E-state index in [-0.39, 0.29) is 11.3 Å². The van der Waals surface area contributed by atoms with Crippen molar-refractivity contribution in [3.63, 3.8) is 0 Å². The van der Waals surface area contributed by atoms with Gasteiger partial charge >= 0.3 is 0 Å². The molecule has 1 aromatic heterocycles. The number of para-hydroxylation sites is 2. The third-order valence-corrected chi connectivity index (χ3v) is 5.18. The van der Waals surface area contributed by atoms with Gasteiger partial charge in [-0.15, -0.1) is 0 Å². The Kier molecular flexibility index (Phi) is 6.59. The number of aryl methyl sites for hydroxylation is 1. The third kappa shape index (κ3) is 5.58. The van der Waals surface area contributed by atoms with Crippen LogP contribution in [-0.2, 0) is 12.5 Å². The Labute approximate surface area is 173 Å². The molecule has 2 heterocycles. The van der Waals surface area contributed by atoms with Gasteiger partial charge in [-0.25, -0.2) is 0 Å². The number of benzene rings is 1. The molecule has 1 fully saturated rings. The Morgan fingerprint density at radius 3 is 2.52 bits per heavy atom. The van der Waals surface area contributed by atoms with Crippen LogP contribution in [0.2, 0.25) is 0 Å². The Morgan fingerprint density at radius 1 is 1.14 bits per heavy atom. The first-order valence-corrected chi connectivity index (χ1v) is 10.2. The number of rotatable bonds is 6. The van der Waals surface area contributed by atoms with E-state index in [0.29, 0.717) is 23.6 Å². The molecule has 0 unspecified atom stereocenters. The SMILES string of the molecule is CN1CCN(CCOc2ccccc2NC(=O)c2cn(C)nc2C(C)(C)C)CC1. The van der Waals surface area contributed by atoms with Gasteiger partial charge in [0.1, 0.15) is 12.4 Å². The van der Waals surface area contributed by atoms with Crippen molar-refractivity contribution >= 4 is 11.6 Å². The average Bonchev–Trinajstić information content (AvgIpc) is 3.07. The number of nitrogens with zero attached hydrogens (tertiary/aromatic N) is 4. The highest BCUT2D eigenvalue weighted by Gasteiger charge is 2.26. The molecule has 2 aromatic rings. The van der Waals surface area contributed by atoms with Gasteiger partial charge < -0.3 is 15.0 Å². The Balaban J connectivity index is 1.64. The average molecular weight is 400 g/mol. The number of carbonyl (C=O) groups excluding carboxylic acids is 1. The van der Waals surface area contributed by atoms with Crippen molar-refractivity contribution in [1.82, 2.24) is 19.6 Å². The van der Waals surface area contributed by atoms with Crippen LogP contribution in [0.4, 0.5) is 5.69 Å². The second kappa shape index (κ2) is 8.97. The maximum absolute atomic E-state index is 13.0. The fourth-order valence-corrected chi connectivity index (χ4v) is 3.45. The molecule has 1 aliphatic heterocycles. The molecule has 0 saturated carbocycles. The van der Waals surface area contributed by atoms with Gasteiger partial charge in [-0.3, -0.25) is 14.4 Å². The van der Waals surface area contributed by atoms with Crippen LogP contribution in [0.15, 0.2) is 30.5 Å². The van der Waals surface area contributed by atoms with E-state index >= 15 is 0 Å². The number of amides is 1. The van der Waals surface area contributed by atoms with Gasteiger partial charge in [-0.1, -0.05) is 32.9 Å². The number of nitrogens with one attached hydrogen (secondary N) is 1. The summed E-state index contributed by atoms with van der Waals surface area (Å²) in [4.78, 5) is 17.7. The summed E-state index contributed by atoms with van der Waals surface area (Å²) in [6, 6.07) is 7.59. The minimum absolute atomic E-state index is 0.168. The second-order valence-corrected chi connectivity index (χ2v) is 8.76. The van der Waals surface area contributed by atoms with Crippen molar-refractivity contribution in [3.05, 3.63) is 41.7 Å². The van der Waals surface area contributed by atoms with Crippen LogP contribution in [0.3, 0.4) is 0 Å². The molecule has 1 saturated heterocycles. The van der Waals surface area contributed by atoms with Crippen LogP contribution in [-0.4, -0.2) is 71.9 Å². The summed E-state index contributed by atoms with van der Waals surface area (Å²) < 4.78 is 7.70. The molecular formula is C22H33N5O2. The lowest BCUT2D eigenvalue weighted by molar-refractivity contribution is 0.102. The second-order valence-electron chi connectivity index (χ2n) is 8.76. The first-order valence-electron chi connectivity index (χ1n) is 10.2. The smallest absolute Gasteiger partial charge is 0.259 e. The van der Waals surface area contributed by atoms with Crippen molar-refractivity contribution < 1.29 is 9.53 Å². The van der Waals surface area contributed by atoms with Crippen LogP contribution in [0, 0.1) is 0 Å². The highest BCUT2D eigenvalue weighted by atomic mass is 16.5. The van der Waals surface area contributed by atoms with Gasteiger partial charge in [0.05, 0.1) is 16.9 Å². The molecule has 1 amide bonds. The molecule has 7 nitrogen and oxygen atoms in total. The normalized spacial score (nSPS) is 16.0. The number of carbonyl (C=O) groups is 1. The summed E-state index contributed by atoms with van der Waals surface area (Å²) in [5.41, 5.74) is 1.84. The molecule has 0 atom stereocenters. The molecule has 0 radical (unpaired) electrons. The maximum atomic E-state index is 13.0. The molecule has 3 rings (SSSR count). The molecule has 0 spiro atoms. The molecule has 1 N–H and O–H groups in total. The van der Waals surface area contributed by atoms with E-state index in [1.165, 1.54) is 0 Å². The van der Waals surface area contributed by atoms with E-state index in [4.69, 9.17) is 4.74 Å². The van der Waals surface area contributed by atoms with E-state index in [1.54, 1.807) is 10.9 Å². The fourth-order valence-electron chi connectivity index (χ4n) is 3.45. The first kappa shape index (κ1) is 21.3. The molecule has 1 aromatic carbocycles. The lowest BCUT2D eigenvalue weighted by Gasteiger charge is -2.32. The molecule has 29 heavy (non-hydrogen) atoms. The van der Waals surface area contributed by atoms with Crippen molar-refractivity contribution in [3.8, 4) is 5.75 Å². The minimum Gasteiger partial charge on any atom is -0.490 e. The van der Waals surface area contributed by atoms with E-state index in [9.17, 15) is 4.79 Å². The molecule has 0 bridgehead atoms. The zero-order valence-electron chi connectivity index (χ0n) is 18.2. The Bertz CT molecular complexity index is 832. The van der Waals surface area contributed by atoms with E-state index in [0.717, 1.165) is 38.4 Å². The molecule has 7 heteroatoms. The molecule has 158 valence electrons. The van der Waals surface area contributed by atoms with Crippen molar-refractivity contribution in [2.75, 3.05) is 51.7 Å². The van der Waals surface area contributed by atoms with Crippen LogP contribution in [0.25, 0.3) is 0 Å². The lowest BCUT2D eigenvalue weighted by Crippen LogP contribution is -2.45. The van der Waals surface area contributed by atoms with Crippen LogP contribution in [0.1, 0.15) is 36.8 Å². The van der Waals surface area contributed by atoms with Crippen molar-refractivity contribution in [1.29, 1.82) is 0 Å². The predicted molar refractivity (Wildman–Crippen MR) is 116 cm³/mol. The summed E-state index contributed by atoms with van der Waals surface area (Å²) in [7, 11) is 3.99. The standard InChI is InChI=1S/C22H33N5O2/c1-22(2,3)20-17(16-26(5)24-20)21(28)23-18-8-6-7-9-19(18)29-15-14-27-12-10-25(4)11-13-27/h6-9,16H,10-15H2,1-5H3,(H,23,28). The first-order chi connectivity index (χ1) is 13.7. The fraction of sp³-hybridized carbons (Fsp3) is 0.545. The van der Waals surface area contributed by atoms with Crippen LogP contribution < -0.4 is 10.1 Å². The van der Waals surface area contributed by atoms with Crippen molar-refractivity contribution in [2.45, 2.75) is 26.2 Å². The van der Waals surface area contributed by atoms with Crippen molar-refractivity contribution in [2.24, 2.45) is 7.05 Å². The summed E-state index contributed by atoms with van der Waals surface area (Å²) in [5.74, 6) is 0.523. The van der Waals surface area contributed by atoms with Gasteiger partial charge in [0, 0.05) is 51.4 Å². The summed E-state index contributed by atoms with van der Waals surface area (Å²) in [6.45, 7) is 12.0. The van der Waals surface area contributed by atoms with E-state index in [2.05, 4.69) is 48.0 Å². The van der Waals surface area contributed by atoms with Gasteiger partial charge in [0.25, 0.3) is 5.91 Å². The number of piperazine rings is 1. The lowest BCUT2D eigenvalue weighted by atomic mass is 9.89. The predicted octanol–water partition coefficient (Wildman–Crippen LogP) is 2.60. The topological polar surface area (TPSA) is 62.6 Å². The zero-order chi connectivity index (χ0) is 21.0. The number of aromatic nitrogens is 2. The van der Waals surface area contributed by atoms with Gasteiger partial charge in [0.2, 0.25) is 0 Å². The molecule has 1 aliphatic rings. The van der Waals surface area contributed by atoms with Gasteiger partial charge in [-0.05, 0) is 19.2 Å². The number of hydrogen-bond acceptors (Lipinski definition) is 5. The van der Waals surface area contributed by atoms with E-state index < -0.39 is 0 Å². The highest BCUT2D eigenvalue weighted by Crippen LogP contribution is 2.27. The Morgan fingerprint density at radius 2 is 1.83 bits per heavy atom. The molecular weight excluding hydrogens is 366 g/mol. The number of ether oxygens (including phenoxy) is 1. The number of anilines is 1. The van der Waals surface area contributed by atoms with Crippen LogP contribution in [0.5, 0.6) is 5.75 Å². The zero-order valence-corrected chi connectivity index (χ0v) is 18.2. The molecule has 0 aliphatic carbocycles. The monoisotopic (exact) mass is 399 g/mol. The van der Waals surface area contributed by atoms with Gasteiger partial charge in [-0.2, -0.15) is 5.10 Å². The minimum atomic E-state index is -0.216. The summed E-state index contributed by atoms with van der Waals surface area (Å²) >= 11 is 0. The number of likely N-dealkylation sites (N-methyl/N-ethyl adjacent to an activating group) is 1. The van der Waals surface area contributed by atoms with Crippen LogP contribution >= 0.6 is 0 Å². The Hall–Kier alpha value is -2.38. The largest absolute Gasteiger partial charge is 0.490 e. The highest BCUT2D eigenvalue weighted by molar-refractivity contribution is 6.05. The quantitative estimate of drug-likeness (QED) is 0.809. The van der Waals surface area contributed by atoms with E-state index in [1.807, 2.05) is 31.3 Å². The summed E-state index contributed by atoms with van der Waals surface area (Å²) in [5, 5.41) is 7.50. The third-order valence-electron chi connectivity index (χ3n) is 5.18. The number of hydrogen-bond donors (Lipinski definition) is 1.